The van der Waals surface area contributed by atoms with Crippen LogP contribution in [0.2, 0.25) is 10.0 Å². The van der Waals surface area contributed by atoms with Crippen LogP contribution in [-0.4, -0.2) is 22.7 Å². The molecule has 2 aliphatic rings. The van der Waals surface area contributed by atoms with Crippen molar-refractivity contribution in [2.45, 2.75) is 66.2 Å². The average Bonchev–Trinajstić information content (AvgIpc) is 3.13. The Hall–Kier alpha value is -4.89. The molecule has 276 valence electrons. The van der Waals surface area contributed by atoms with E-state index < -0.39 is 5.24 Å². The monoisotopic (exact) mass is 772 g/mol. The first kappa shape index (κ1) is 40.9. The van der Waals surface area contributed by atoms with Crippen LogP contribution in [-0.2, 0) is 9.59 Å². The lowest BCUT2D eigenvalue weighted by atomic mass is 9.96. The molecule has 0 saturated heterocycles. The first-order valence-corrected chi connectivity index (χ1v) is 18.4. The molecule has 4 aromatic rings. The van der Waals surface area contributed by atoms with E-state index in [9.17, 15) is 19.2 Å². The second kappa shape index (κ2) is 19.3. The predicted molar refractivity (Wildman–Crippen MR) is 218 cm³/mol. The van der Waals surface area contributed by atoms with E-state index in [1.807, 2.05) is 82.3 Å². The summed E-state index contributed by atoms with van der Waals surface area (Å²) in [4.78, 5) is 46.7. The van der Waals surface area contributed by atoms with Crippen LogP contribution in [0.25, 0.3) is 0 Å². The number of nitrogen functional groups attached to an aromatic ring is 1. The fourth-order valence-electron chi connectivity index (χ4n) is 5.76. The van der Waals surface area contributed by atoms with Gasteiger partial charge < -0.3 is 21.7 Å². The van der Waals surface area contributed by atoms with Crippen LogP contribution in [0.1, 0.15) is 84.2 Å². The van der Waals surface area contributed by atoms with E-state index in [0.717, 1.165) is 65.0 Å². The molecule has 8 nitrogen and oxygen atoms in total. The van der Waals surface area contributed by atoms with Crippen LogP contribution in [0.5, 0.6) is 0 Å². The SMILES string of the molecule is CC1=C(Nc2cccc(N)c2Cl)CCCC1=O.CC1=C(Nc2cccc(NC(=O)c3ccccc3C)c2Cl)CCCC1=O.Cc1ccccc1C(=O)Cl. The van der Waals surface area contributed by atoms with Gasteiger partial charge >= 0.3 is 0 Å². The third-order valence-electron chi connectivity index (χ3n) is 9.00. The van der Waals surface area contributed by atoms with Gasteiger partial charge in [0.05, 0.1) is 32.8 Å². The summed E-state index contributed by atoms with van der Waals surface area (Å²) >= 11 is 17.9. The van der Waals surface area contributed by atoms with E-state index in [1.54, 1.807) is 30.3 Å². The Labute approximate surface area is 325 Å². The summed E-state index contributed by atoms with van der Waals surface area (Å²) < 4.78 is 0. The molecule has 5 N–H and O–H groups in total. The van der Waals surface area contributed by atoms with Crippen molar-refractivity contribution in [1.29, 1.82) is 0 Å². The lowest BCUT2D eigenvalue weighted by molar-refractivity contribution is -0.116. The van der Waals surface area contributed by atoms with Gasteiger partial charge in [-0.25, -0.2) is 0 Å². The molecule has 0 saturated carbocycles. The van der Waals surface area contributed by atoms with Gasteiger partial charge in [0, 0.05) is 46.5 Å². The molecule has 0 atom stereocenters. The van der Waals surface area contributed by atoms with Crippen molar-refractivity contribution in [2.24, 2.45) is 0 Å². The maximum Gasteiger partial charge on any atom is 0.255 e. The van der Waals surface area contributed by atoms with Crippen molar-refractivity contribution < 1.29 is 19.2 Å². The molecule has 0 heterocycles. The minimum atomic E-state index is -0.391. The van der Waals surface area contributed by atoms with Crippen molar-refractivity contribution in [1.82, 2.24) is 0 Å². The van der Waals surface area contributed by atoms with Crippen molar-refractivity contribution in [3.63, 3.8) is 0 Å². The first-order valence-electron chi connectivity index (χ1n) is 17.2. The highest BCUT2D eigenvalue weighted by atomic mass is 35.5. The number of halogens is 3. The molecule has 0 bridgehead atoms. The number of Topliss-reactive ketones (excluding diaryl/α,β-unsaturated/α-hetero) is 2. The Morgan fingerprint density at radius 3 is 1.53 bits per heavy atom. The highest BCUT2D eigenvalue weighted by Gasteiger charge is 2.20. The Bertz CT molecular complexity index is 2090. The van der Waals surface area contributed by atoms with E-state index in [4.69, 9.17) is 40.5 Å². The molecule has 2 aliphatic carbocycles. The fraction of sp³-hybridized carbons (Fsp3) is 0.238. The maximum absolute atomic E-state index is 12.5. The molecular weight excluding hydrogens is 731 g/mol. The minimum Gasteiger partial charge on any atom is -0.397 e. The molecule has 11 heteroatoms. The number of aryl methyl sites for hydroxylation is 2. The van der Waals surface area contributed by atoms with E-state index >= 15 is 0 Å². The highest BCUT2D eigenvalue weighted by molar-refractivity contribution is 6.67. The van der Waals surface area contributed by atoms with Crippen LogP contribution < -0.4 is 21.7 Å². The summed E-state index contributed by atoms with van der Waals surface area (Å²) in [6.07, 6.45) is 4.65. The lowest BCUT2D eigenvalue weighted by Gasteiger charge is -2.20. The second-order valence-electron chi connectivity index (χ2n) is 12.7. The topological polar surface area (TPSA) is 130 Å². The molecule has 0 radical (unpaired) electrons. The van der Waals surface area contributed by atoms with Crippen LogP contribution in [0.4, 0.5) is 22.7 Å². The Morgan fingerprint density at radius 1 is 0.585 bits per heavy atom. The van der Waals surface area contributed by atoms with Crippen LogP contribution in [0.3, 0.4) is 0 Å². The van der Waals surface area contributed by atoms with Gasteiger partial charge in [-0.05, 0) is 113 Å². The quantitative estimate of drug-likeness (QED) is 0.109. The number of allylic oxidation sites excluding steroid dienone is 4. The molecule has 4 aromatic carbocycles. The normalized spacial score (nSPS) is 14.0. The third kappa shape index (κ3) is 11.1. The zero-order valence-electron chi connectivity index (χ0n) is 30.2. The Balaban J connectivity index is 0.000000198. The molecule has 6 rings (SSSR count). The van der Waals surface area contributed by atoms with Gasteiger partial charge in [-0.2, -0.15) is 0 Å². The number of ketones is 2. The number of anilines is 4. The van der Waals surface area contributed by atoms with Gasteiger partial charge in [0.1, 0.15) is 0 Å². The second-order valence-corrected chi connectivity index (χ2v) is 13.8. The van der Waals surface area contributed by atoms with Crippen LogP contribution >= 0.6 is 34.8 Å². The van der Waals surface area contributed by atoms with Gasteiger partial charge in [-0.1, -0.05) is 71.7 Å². The fourth-order valence-corrected chi connectivity index (χ4v) is 6.36. The first-order chi connectivity index (χ1) is 25.3. The Morgan fingerprint density at radius 2 is 1.04 bits per heavy atom. The summed E-state index contributed by atoms with van der Waals surface area (Å²) in [5.41, 5.74) is 14.7. The van der Waals surface area contributed by atoms with Gasteiger partial charge in [0.25, 0.3) is 11.1 Å². The molecule has 1 amide bonds. The zero-order valence-corrected chi connectivity index (χ0v) is 32.4. The number of amides is 1. The van der Waals surface area contributed by atoms with E-state index in [1.165, 1.54) is 0 Å². The summed E-state index contributed by atoms with van der Waals surface area (Å²) in [5, 5.41) is 9.90. The smallest absolute Gasteiger partial charge is 0.255 e. The zero-order chi connectivity index (χ0) is 38.7. The summed E-state index contributed by atoms with van der Waals surface area (Å²) in [7, 11) is 0. The maximum atomic E-state index is 12.5. The van der Waals surface area contributed by atoms with Gasteiger partial charge in [0.15, 0.2) is 11.6 Å². The summed E-state index contributed by atoms with van der Waals surface area (Å²) in [6, 6.07) is 25.5. The number of nitrogens with two attached hydrogens (primary N) is 1. The van der Waals surface area contributed by atoms with Crippen LogP contribution in [0.15, 0.2) is 107 Å². The number of hydrogen-bond acceptors (Lipinski definition) is 7. The van der Waals surface area contributed by atoms with E-state index in [0.29, 0.717) is 51.1 Å². The minimum absolute atomic E-state index is 0.166. The van der Waals surface area contributed by atoms with E-state index in [2.05, 4.69) is 16.0 Å². The largest absolute Gasteiger partial charge is 0.397 e. The number of rotatable bonds is 7. The van der Waals surface area contributed by atoms with Gasteiger partial charge in [-0.15, -0.1) is 0 Å². The number of carbonyl (C=O) groups excluding carboxylic acids is 4. The van der Waals surface area contributed by atoms with Crippen molar-refractivity contribution in [2.75, 3.05) is 21.7 Å². The average molecular weight is 774 g/mol. The summed E-state index contributed by atoms with van der Waals surface area (Å²) in [5.74, 6) is 0.169. The molecule has 0 unspecified atom stereocenters. The van der Waals surface area contributed by atoms with Gasteiger partial charge in [0.2, 0.25) is 0 Å². The van der Waals surface area contributed by atoms with Crippen molar-refractivity contribution in [3.05, 3.63) is 140 Å². The number of carbonyl (C=O) groups is 4. The third-order valence-corrected chi connectivity index (χ3v) is 10.0. The van der Waals surface area contributed by atoms with Crippen molar-refractivity contribution in [3.8, 4) is 0 Å². The predicted octanol–water partition coefficient (Wildman–Crippen LogP) is 11.1. The molecule has 0 fully saturated rings. The van der Waals surface area contributed by atoms with Crippen LogP contribution in [0, 0.1) is 13.8 Å². The molecule has 0 aromatic heterocycles. The van der Waals surface area contributed by atoms with E-state index in [-0.39, 0.29) is 17.5 Å². The molecule has 0 aliphatic heterocycles. The Kier molecular flexibility index (Phi) is 14.9. The molecular formula is C42H43Cl3N4O4. The van der Waals surface area contributed by atoms with Gasteiger partial charge in [-0.3, -0.25) is 19.2 Å². The number of nitrogens with one attached hydrogen (secondary N) is 3. The summed E-state index contributed by atoms with van der Waals surface area (Å²) in [6.45, 7) is 7.44. The lowest BCUT2D eigenvalue weighted by Crippen LogP contribution is -2.16. The highest BCUT2D eigenvalue weighted by Crippen LogP contribution is 2.34. The number of hydrogen-bond donors (Lipinski definition) is 4. The number of benzene rings is 4. The molecule has 0 spiro atoms. The van der Waals surface area contributed by atoms with Crippen molar-refractivity contribution >= 4 is 80.3 Å². The standard InChI is InChI=1S/C21H21ClN2O2.C13H15ClN2O.C8H7ClO/c1-13-7-3-4-8-15(13)21(26)24-18-11-5-10-17(20(18)22)23-16-9-6-12-19(25)14(16)2;1-8-10(5-3-7-12(8)17)16-11-6-2-4-9(15)13(11)14;1-6-4-2-3-5-7(6)8(9)10/h3-5,7-8,10-11,23H,6,9,12H2,1-2H3,(H,24,26);2,4,6,16H,3,5,7,15H2,1H3;2-5H,1H3. The molecule has 53 heavy (non-hydrogen) atoms.